The van der Waals surface area contributed by atoms with Gasteiger partial charge in [-0.2, -0.15) is 5.10 Å². The van der Waals surface area contributed by atoms with Gasteiger partial charge >= 0.3 is 0 Å². The van der Waals surface area contributed by atoms with Crippen LogP contribution in [0.4, 0.5) is 0 Å². The summed E-state index contributed by atoms with van der Waals surface area (Å²) >= 11 is 1.79. The van der Waals surface area contributed by atoms with Gasteiger partial charge in [0.05, 0.1) is 11.7 Å². The molecule has 3 nitrogen and oxygen atoms in total. The second-order valence-electron chi connectivity index (χ2n) is 4.25. The van der Waals surface area contributed by atoms with Crippen LogP contribution in [0.1, 0.15) is 35.5 Å². The van der Waals surface area contributed by atoms with E-state index in [1.165, 1.54) is 10.4 Å². The van der Waals surface area contributed by atoms with Crippen LogP contribution in [0.2, 0.25) is 0 Å². The lowest BCUT2D eigenvalue weighted by Crippen LogP contribution is -2.22. The number of hydrogen-bond acceptors (Lipinski definition) is 3. The highest BCUT2D eigenvalue weighted by molar-refractivity contribution is 7.10. The van der Waals surface area contributed by atoms with E-state index in [2.05, 4.69) is 48.0 Å². The molecule has 17 heavy (non-hydrogen) atoms. The molecule has 0 radical (unpaired) electrons. The topological polar surface area (TPSA) is 29.9 Å². The van der Waals surface area contributed by atoms with Gasteiger partial charge < -0.3 is 5.32 Å². The first kappa shape index (κ1) is 12.3. The van der Waals surface area contributed by atoms with Gasteiger partial charge in [0, 0.05) is 23.7 Å². The van der Waals surface area contributed by atoms with Crippen molar-refractivity contribution < 1.29 is 0 Å². The van der Waals surface area contributed by atoms with Gasteiger partial charge in [0.2, 0.25) is 0 Å². The molecule has 1 unspecified atom stereocenters. The van der Waals surface area contributed by atoms with Gasteiger partial charge in [0.1, 0.15) is 0 Å². The monoisotopic (exact) mass is 249 g/mol. The van der Waals surface area contributed by atoms with E-state index >= 15 is 0 Å². The van der Waals surface area contributed by atoms with E-state index in [4.69, 9.17) is 0 Å². The van der Waals surface area contributed by atoms with E-state index in [0.717, 1.165) is 18.7 Å². The summed E-state index contributed by atoms with van der Waals surface area (Å²) in [6.45, 7) is 5.29. The Hall–Kier alpha value is -1.13. The van der Waals surface area contributed by atoms with Crippen LogP contribution in [-0.2, 0) is 7.05 Å². The highest BCUT2D eigenvalue weighted by atomic mass is 32.1. The molecule has 0 aromatic carbocycles. The fourth-order valence-electron chi connectivity index (χ4n) is 2.01. The summed E-state index contributed by atoms with van der Waals surface area (Å²) in [5.74, 6) is 0. The Morgan fingerprint density at radius 1 is 1.53 bits per heavy atom. The predicted molar refractivity (Wildman–Crippen MR) is 72.4 cm³/mol. The van der Waals surface area contributed by atoms with E-state index < -0.39 is 0 Å². The molecule has 2 aromatic heterocycles. The SMILES string of the molecule is CCCNC(c1cccs1)c1cn(C)nc1C. The molecule has 1 atom stereocenters. The smallest absolute Gasteiger partial charge is 0.0704 e. The Labute approximate surface area is 106 Å². The molecule has 0 saturated carbocycles. The molecule has 4 heteroatoms. The van der Waals surface area contributed by atoms with Gasteiger partial charge in [-0.3, -0.25) is 4.68 Å². The van der Waals surface area contributed by atoms with Crippen molar-refractivity contribution in [3.05, 3.63) is 39.8 Å². The summed E-state index contributed by atoms with van der Waals surface area (Å²) < 4.78 is 1.89. The van der Waals surface area contributed by atoms with Crippen LogP contribution in [0.15, 0.2) is 23.7 Å². The number of nitrogens with one attached hydrogen (secondary N) is 1. The maximum Gasteiger partial charge on any atom is 0.0704 e. The van der Waals surface area contributed by atoms with Gasteiger partial charge in [-0.05, 0) is 31.3 Å². The number of hydrogen-bond donors (Lipinski definition) is 1. The molecule has 2 rings (SSSR count). The highest BCUT2D eigenvalue weighted by Crippen LogP contribution is 2.27. The maximum absolute atomic E-state index is 4.43. The van der Waals surface area contributed by atoms with E-state index in [0.29, 0.717) is 0 Å². The van der Waals surface area contributed by atoms with Crippen LogP contribution in [0.25, 0.3) is 0 Å². The number of nitrogens with zero attached hydrogens (tertiary/aromatic N) is 2. The lowest BCUT2D eigenvalue weighted by atomic mass is 10.1. The molecule has 0 aliphatic carbocycles. The molecule has 0 aliphatic rings. The van der Waals surface area contributed by atoms with Gasteiger partial charge in [-0.25, -0.2) is 0 Å². The fraction of sp³-hybridized carbons (Fsp3) is 0.462. The third kappa shape index (κ3) is 2.76. The standard InChI is InChI=1S/C13H19N3S/c1-4-7-14-13(12-6-5-8-17-12)11-9-16(3)15-10(11)2/h5-6,8-9,13-14H,4,7H2,1-3H3. The molecule has 0 bridgehead atoms. The van der Waals surface area contributed by atoms with E-state index in [9.17, 15) is 0 Å². The van der Waals surface area contributed by atoms with Crippen LogP contribution in [0.5, 0.6) is 0 Å². The van der Waals surface area contributed by atoms with Crippen molar-refractivity contribution in [3.63, 3.8) is 0 Å². The van der Waals surface area contributed by atoms with E-state index in [1.54, 1.807) is 11.3 Å². The lowest BCUT2D eigenvalue weighted by molar-refractivity contribution is 0.603. The zero-order chi connectivity index (χ0) is 12.3. The van der Waals surface area contributed by atoms with Crippen molar-refractivity contribution in [3.8, 4) is 0 Å². The summed E-state index contributed by atoms with van der Waals surface area (Å²) in [5.41, 5.74) is 2.39. The van der Waals surface area contributed by atoms with Gasteiger partial charge in [0.15, 0.2) is 0 Å². The van der Waals surface area contributed by atoms with Crippen LogP contribution in [-0.4, -0.2) is 16.3 Å². The van der Waals surface area contributed by atoms with E-state index in [-0.39, 0.29) is 6.04 Å². The minimum atomic E-state index is 0.281. The molecular formula is C13H19N3S. The molecule has 92 valence electrons. The second kappa shape index (κ2) is 5.47. The third-order valence-electron chi connectivity index (χ3n) is 2.79. The Morgan fingerprint density at radius 2 is 2.35 bits per heavy atom. The normalized spacial score (nSPS) is 12.9. The zero-order valence-electron chi connectivity index (χ0n) is 10.6. The van der Waals surface area contributed by atoms with Crippen molar-refractivity contribution in [2.24, 2.45) is 7.05 Å². The van der Waals surface area contributed by atoms with Crippen molar-refractivity contribution in [2.75, 3.05) is 6.54 Å². The van der Waals surface area contributed by atoms with Gasteiger partial charge in [-0.15, -0.1) is 11.3 Å². The Morgan fingerprint density at radius 3 is 2.88 bits per heavy atom. The average molecular weight is 249 g/mol. The zero-order valence-corrected chi connectivity index (χ0v) is 11.4. The van der Waals surface area contributed by atoms with Gasteiger partial charge in [-0.1, -0.05) is 13.0 Å². The molecular weight excluding hydrogens is 230 g/mol. The van der Waals surface area contributed by atoms with Crippen LogP contribution in [0.3, 0.4) is 0 Å². The maximum atomic E-state index is 4.43. The van der Waals surface area contributed by atoms with E-state index in [1.807, 2.05) is 11.7 Å². The number of thiophene rings is 1. The Kier molecular flexibility index (Phi) is 3.97. The molecule has 2 aromatic rings. The van der Waals surface area contributed by atoms with Crippen molar-refractivity contribution in [1.29, 1.82) is 0 Å². The lowest BCUT2D eigenvalue weighted by Gasteiger charge is -2.16. The molecule has 0 spiro atoms. The third-order valence-corrected chi connectivity index (χ3v) is 3.73. The summed E-state index contributed by atoms with van der Waals surface area (Å²) in [4.78, 5) is 1.36. The summed E-state index contributed by atoms with van der Waals surface area (Å²) in [7, 11) is 1.97. The highest BCUT2D eigenvalue weighted by Gasteiger charge is 2.18. The first-order valence-electron chi connectivity index (χ1n) is 5.99. The quantitative estimate of drug-likeness (QED) is 0.883. The second-order valence-corrected chi connectivity index (χ2v) is 5.23. The first-order chi connectivity index (χ1) is 8.22. The number of rotatable bonds is 5. The van der Waals surface area contributed by atoms with Crippen molar-refractivity contribution in [1.82, 2.24) is 15.1 Å². The molecule has 1 N–H and O–H groups in total. The molecule has 0 amide bonds. The minimum absolute atomic E-state index is 0.281. The van der Waals surface area contributed by atoms with Crippen molar-refractivity contribution >= 4 is 11.3 Å². The molecule has 2 heterocycles. The van der Waals surface area contributed by atoms with Crippen LogP contribution >= 0.6 is 11.3 Å². The minimum Gasteiger partial charge on any atom is -0.305 e. The Balaban J connectivity index is 2.30. The van der Waals surface area contributed by atoms with Crippen LogP contribution < -0.4 is 5.32 Å². The Bertz CT molecular complexity index is 459. The molecule has 0 fully saturated rings. The number of aryl methyl sites for hydroxylation is 2. The largest absolute Gasteiger partial charge is 0.305 e. The average Bonchev–Trinajstić information content (AvgIpc) is 2.90. The number of aromatic nitrogens is 2. The fourth-order valence-corrected chi connectivity index (χ4v) is 2.83. The summed E-state index contributed by atoms with van der Waals surface area (Å²) in [5, 5.41) is 10.2. The molecule has 0 aliphatic heterocycles. The van der Waals surface area contributed by atoms with Crippen molar-refractivity contribution in [2.45, 2.75) is 26.3 Å². The predicted octanol–water partition coefficient (Wildman–Crippen LogP) is 2.88. The summed E-state index contributed by atoms with van der Waals surface area (Å²) in [6, 6.07) is 4.57. The van der Waals surface area contributed by atoms with Gasteiger partial charge in [0.25, 0.3) is 0 Å². The summed E-state index contributed by atoms with van der Waals surface area (Å²) in [6.07, 6.45) is 3.25. The first-order valence-corrected chi connectivity index (χ1v) is 6.87. The molecule has 0 saturated heterocycles. The van der Waals surface area contributed by atoms with Crippen LogP contribution in [0, 0.1) is 6.92 Å².